The Hall–Kier alpha value is -1.22. The van der Waals surface area contributed by atoms with Crippen molar-refractivity contribution in [2.45, 2.75) is 38.7 Å². The van der Waals surface area contributed by atoms with Crippen molar-refractivity contribution in [3.63, 3.8) is 0 Å². The second kappa shape index (κ2) is 4.47. The molecule has 1 saturated carbocycles. The van der Waals surface area contributed by atoms with Crippen LogP contribution in [0.4, 0.5) is 0 Å². The molecule has 1 aromatic carbocycles. The fourth-order valence-corrected chi connectivity index (χ4v) is 2.92. The van der Waals surface area contributed by atoms with E-state index in [9.17, 15) is 5.11 Å². The minimum atomic E-state index is -0.802. The number of hydrogen-bond donors (Lipinski definition) is 1. The lowest BCUT2D eigenvalue weighted by molar-refractivity contribution is 0.0313. The van der Waals surface area contributed by atoms with E-state index in [4.69, 9.17) is 9.47 Å². The van der Waals surface area contributed by atoms with E-state index >= 15 is 0 Å². The van der Waals surface area contributed by atoms with Crippen LogP contribution in [-0.4, -0.2) is 19.3 Å². The molecule has 1 aliphatic rings. The van der Waals surface area contributed by atoms with E-state index in [1.54, 1.807) is 14.2 Å². The van der Waals surface area contributed by atoms with Crippen LogP contribution in [-0.2, 0) is 5.60 Å². The zero-order valence-electron chi connectivity index (χ0n) is 11.6. The van der Waals surface area contributed by atoms with Gasteiger partial charge in [0.25, 0.3) is 0 Å². The lowest BCUT2D eigenvalue weighted by Crippen LogP contribution is -2.24. The second-order valence-electron chi connectivity index (χ2n) is 5.94. The highest BCUT2D eigenvalue weighted by molar-refractivity contribution is 5.44. The van der Waals surface area contributed by atoms with E-state index in [2.05, 4.69) is 13.8 Å². The second-order valence-corrected chi connectivity index (χ2v) is 5.94. The molecule has 0 bridgehead atoms. The fourth-order valence-electron chi connectivity index (χ4n) is 2.92. The van der Waals surface area contributed by atoms with Gasteiger partial charge in [-0.3, -0.25) is 0 Å². The monoisotopic (exact) mass is 250 g/mol. The highest BCUT2D eigenvalue weighted by atomic mass is 16.5. The fraction of sp³-hybridized carbons (Fsp3) is 0.600. The average molecular weight is 250 g/mol. The molecule has 1 fully saturated rings. The first-order valence-electron chi connectivity index (χ1n) is 6.35. The van der Waals surface area contributed by atoms with Crippen molar-refractivity contribution in [1.29, 1.82) is 0 Å². The maximum absolute atomic E-state index is 10.9. The molecule has 3 nitrogen and oxygen atoms in total. The standard InChI is InChI=1S/C15H22O3/c1-14(2)7-8-15(16,10-14)12-9-11(17-3)5-6-13(12)18-4/h5-6,9,16H,7-8,10H2,1-4H3. The molecular weight excluding hydrogens is 228 g/mol. The summed E-state index contributed by atoms with van der Waals surface area (Å²) in [6, 6.07) is 5.60. The van der Waals surface area contributed by atoms with Gasteiger partial charge in [-0.2, -0.15) is 0 Å². The van der Waals surface area contributed by atoms with Gasteiger partial charge in [0.15, 0.2) is 0 Å². The minimum Gasteiger partial charge on any atom is -0.497 e. The Kier molecular flexibility index (Phi) is 3.28. The topological polar surface area (TPSA) is 38.7 Å². The zero-order chi connectivity index (χ0) is 13.4. The molecular formula is C15H22O3. The molecule has 1 unspecified atom stereocenters. The summed E-state index contributed by atoms with van der Waals surface area (Å²) in [5, 5.41) is 10.9. The molecule has 0 amide bonds. The van der Waals surface area contributed by atoms with Crippen LogP contribution in [0.5, 0.6) is 11.5 Å². The molecule has 0 spiro atoms. The maximum atomic E-state index is 10.9. The Balaban J connectivity index is 2.43. The van der Waals surface area contributed by atoms with E-state index in [0.717, 1.165) is 36.3 Å². The van der Waals surface area contributed by atoms with E-state index < -0.39 is 5.60 Å². The van der Waals surface area contributed by atoms with Crippen molar-refractivity contribution in [3.8, 4) is 11.5 Å². The smallest absolute Gasteiger partial charge is 0.125 e. The molecule has 1 aliphatic carbocycles. The maximum Gasteiger partial charge on any atom is 0.125 e. The molecule has 0 aliphatic heterocycles. The summed E-state index contributed by atoms with van der Waals surface area (Å²) in [5.74, 6) is 1.49. The van der Waals surface area contributed by atoms with Crippen LogP contribution in [0.1, 0.15) is 38.7 Å². The van der Waals surface area contributed by atoms with Crippen molar-refractivity contribution in [2.24, 2.45) is 5.41 Å². The van der Waals surface area contributed by atoms with Gasteiger partial charge in [0.2, 0.25) is 0 Å². The van der Waals surface area contributed by atoms with Crippen molar-refractivity contribution >= 4 is 0 Å². The number of rotatable bonds is 3. The normalized spacial score (nSPS) is 26.1. The lowest BCUT2D eigenvalue weighted by atomic mass is 9.85. The Morgan fingerprint density at radius 2 is 1.83 bits per heavy atom. The van der Waals surface area contributed by atoms with Gasteiger partial charge in [-0.15, -0.1) is 0 Å². The van der Waals surface area contributed by atoms with Crippen LogP contribution >= 0.6 is 0 Å². The van der Waals surface area contributed by atoms with Gasteiger partial charge in [-0.05, 0) is 42.9 Å². The van der Waals surface area contributed by atoms with Gasteiger partial charge in [0.05, 0.1) is 19.8 Å². The summed E-state index contributed by atoms with van der Waals surface area (Å²) < 4.78 is 10.6. The number of aliphatic hydroxyl groups is 1. The van der Waals surface area contributed by atoms with Gasteiger partial charge < -0.3 is 14.6 Å². The number of hydrogen-bond acceptors (Lipinski definition) is 3. The number of ether oxygens (including phenoxy) is 2. The summed E-state index contributed by atoms with van der Waals surface area (Å²) in [7, 11) is 3.27. The molecule has 18 heavy (non-hydrogen) atoms. The zero-order valence-corrected chi connectivity index (χ0v) is 11.6. The SMILES string of the molecule is COc1ccc(OC)c(C2(O)CCC(C)(C)C2)c1. The van der Waals surface area contributed by atoms with Crippen LogP contribution in [0, 0.1) is 5.41 Å². The van der Waals surface area contributed by atoms with Gasteiger partial charge in [-0.1, -0.05) is 13.8 Å². The van der Waals surface area contributed by atoms with E-state index in [1.807, 2.05) is 18.2 Å². The quantitative estimate of drug-likeness (QED) is 0.896. The van der Waals surface area contributed by atoms with Crippen LogP contribution in [0.3, 0.4) is 0 Å². The average Bonchev–Trinajstić information content (AvgIpc) is 2.64. The Morgan fingerprint density at radius 1 is 1.11 bits per heavy atom. The molecule has 1 aromatic rings. The van der Waals surface area contributed by atoms with Crippen LogP contribution in [0.25, 0.3) is 0 Å². The largest absolute Gasteiger partial charge is 0.497 e. The first-order valence-corrected chi connectivity index (χ1v) is 6.35. The summed E-state index contributed by atoms with van der Waals surface area (Å²) in [6.45, 7) is 4.38. The van der Waals surface area contributed by atoms with Gasteiger partial charge >= 0.3 is 0 Å². The highest BCUT2D eigenvalue weighted by Gasteiger charge is 2.44. The minimum absolute atomic E-state index is 0.169. The van der Waals surface area contributed by atoms with Crippen LogP contribution < -0.4 is 9.47 Å². The molecule has 3 heteroatoms. The number of methoxy groups -OCH3 is 2. The molecule has 2 rings (SSSR count). The van der Waals surface area contributed by atoms with Crippen LogP contribution in [0.2, 0.25) is 0 Å². The first kappa shape index (κ1) is 13.2. The predicted octanol–water partition coefficient (Wildman–Crippen LogP) is 3.10. The molecule has 0 heterocycles. The summed E-state index contributed by atoms with van der Waals surface area (Å²) in [4.78, 5) is 0. The molecule has 1 N–H and O–H groups in total. The molecule has 100 valence electrons. The summed E-state index contributed by atoms with van der Waals surface area (Å²) in [5.41, 5.74) is 0.210. The van der Waals surface area contributed by atoms with Crippen molar-refractivity contribution < 1.29 is 14.6 Å². The third kappa shape index (κ3) is 2.32. The predicted molar refractivity (Wildman–Crippen MR) is 71.1 cm³/mol. The van der Waals surface area contributed by atoms with Gasteiger partial charge in [-0.25, -0.2) is 0 Å². The highest BCUT2D eigenvalue weighted by Crippen LogP contribution is 2.51. The lowest BCUT2D eigenvalue weighted by Gasteiger charge is -2.27. The van der Waals surface area contributed by atoms with Crippen molar-refractivity contribution in [2.75, 3.05) is 14.2 Å². The Bertz CT molecular complexity index is 439. The first-order chi connectivity index (χ1) is 8.40. The third-order valence-corrected chi connectivity index (χ3v) is 3.89. The van der Waals surface area contributed by atoms with E-state index in [1.165, 1.54) is 0 Å². The summed E-state index contributed by atoms with van der Waals surface area (Å²) >= 11 is 0. The summed E-state index contributed by atoms with van der Waals surface area (Å²) in [6.07, 6.45) is 2.54. The van der Waals surface area contributed by atoms with Gasteiger partial charge in [0.1, 0.15) is 11.5 Å². The molecule has 0 radical (unpaired) electrons. The third-order valence-electron chi connectivity index (χ3n) is 3.89. The molecule has 1 atom stereocenters. The van der Waals surface area contributed by atoms with E-state index in [-0.39, 0.29) is 5.41 Å². The van der Waals surface area contributed by atoms with Crippen molar-refractivity contribution in [1.82, 2.24) is 0 Å². The Labute approximate surface area is 109 Å². The number of benzene rings is 1. The van der Waals surface area contributed by atoms with Gasteiger partial charge in [0, 0.05) is 5.56 Å². The van der Waals surface area contributed by atoms with Crippen molar-refractivity contribution in [3.05, 3.63) is 23.8 Å². The van der Waals surface area contributed by atoms with Crippen LogP contribution in [0.15, 0.2) is 18.2 Å². The molecule has 0 aromatic heterocycles. The van der Waals surface area contributed by atoms with E-state index in [0.29, 0.717) is 0 Å². The molecule has 0 saturated heterocycles. The Morgan fingerprint density at radius 3 is 2.33 bits per heavy atom.